The van der Waals surface area contributed by atoms with E-state index in [-0.39, 0.29) is 6.10 Å². The minimum atomic E-state index is -0.334. The average molecular weight is 182 g/mol. The van der Waals surface area contributed by atoms with Crippen molar-refractivity contribution in [2.75, 3.05) is 0 Å². The molecular formula is C12H22O. The lowest BCUT2D eigenvalue weighted by molar-refractivity contribution is 0.235. The molecule has 0 aliphatic heterocycles. The van der Waals surface area contributed by atoms with Crippen LogP contribution in [0.2, 0.25) is 0 Å². The molecule has 0 radical (unpaired) electrons. The number of unbranched alkanes of at least 4 members (excludes halogenated alkanes) is 2. The molecular weight excluding hydrogens is 160 g/mol. The number of rotatable bonds is 6. The van der Waals surface area contributed by atoms with Gasteiger partial charge >= 0.3 is 0 Å². The number of aliphatic hydroxyl groups is 1. The molecule has 0 aromatic heterocycles. The molecule has 0 heterocycles. The third kappa shape index (κ3) is 6.59. The summed E-state index contributed by atoms with van der Waals surface area (Å²) in [5.74, 6) is 0. The first kappa shape index (κ1) is 12.4. The lowest BCUT2D eigenvalue weighted by atomic mass is 10.1. The van der Waals surface area contributed by atoms with Crippen molar-refractivity contribution in [3.05, 3.63) is 23.8 Å². The van der Waals surface area contributed by atoms with Gasteiger partial charge in [0.05, 0.1) is 6.10 Å². The standard InChI is InChI=1S/C12H22O/c1-4-6-8-10-12(11(3)13)9-7-5-2/h8-11,13H,4-7H2,1-3H3/b10-8-,12-9+/t11-/m1/s1. The van der Waals surface area contributed by atoms with Crippen molar-refractivity contribution in [2.24, 2.45) is 0 Å². The van der Waals surface area contributed by atoms with Gasteiger partial charge in [-0.2, -0.15) is 0 Å². The van der Waals surface area contributed by atoms with Gasteiger partial charge in [-0.15, -0.1) is 0 Å². The Hall–Kier alpha value is -0.560. The summed E-state index contributed by atoms with van der Waals surface area (Å²) in [5, 5.41) is 9.42. The van der Waals surface area contributed by atoms with Gasteiger partial charge in [0.1, 0.15) is 0 Å². The van der Waals surface area contributed by atoms with Crippen LogP contribution in [0.1, 0.15) is 46.5 Å². The van der Waals surface area contributed by atoms with E-state index in [1.807, 2.05) is 13.0 Å². The zero-order valence-electron chi connectivity index (χ0n) is 9.09. The lowest BCUT2D eigenvalue weighted by Gasteiger charge is -2.05. The number of allylic oxidation sites excluding steroid dienone is 2. The Morgan fingerprint density at radius 3 is 2.31 bits per heavy atom. The highest BCUT2D eigenvalue weighted by molar-refractivity contribution is 5.21. The first-order chi connectivity index (χ1) is 6.22. The molecule has 0 bridgehead atoms. The molecule has 13 heavy (non-hydrogen) atoms. The van der Waals surface area contributed by atoms with Gasteiger partial charge in [-0.05, 0) is 25.3 Å². The summed E-state index contributed by atoms with van der Waals surface area (Å²) in [6.07, 6.45) is 10.4. The van der Waals surface area contributed by atoms with Gasteiger partial charge in [-0.1, -0.05) is 44.9 Å². The van der Waals surface area contributed by atoms with Crippen molar-refractivity contribution >= 4 is 0 Å². The first-order valence-electron chi connectivity index (χ1n) is 5.27. The molecule has 0 aromatic rings. The van der Waals surface area contributed by atoms with Crippen LogP contribution in [-0.2, 0) is 0 Å². The van der Waals surface area contributed by atoms with Crippen molar-refractivity contribution in [1.29, 1.82) is 0 Å². The fourth-order valence-corrected chi connectivity index (χ4v) is 1.07. The van der Waals surface area contributed by atoms with Crippen molar-refractivity contribution in [3.63, 3.8) is 0 Å². The summed E-state index contributed by atoms with van der Waals surface area (Å²) < 4.78 is 0. The normalized spacial score (nSPS) is 15.2. The molecule has 0 fully saturated rings. The summed E-state index contributed by atoms with van der Waals surface area (Å²) in [4.78, 5) is 0. The van der Waals surface area contributed by atoms with E-state index in [1.54, 1.807) is 0 Å². The maximum atomic E-state index is 9.42. The fourth-order valence-electron chi connectivity index (χ4n) is 1.07. The smallest absolute Gasteiger partial charge is 0.0758 e. The van der Waals surface area contributed by atoms with Gasteiger partial charge in [-0.3, -0.25) is 0 Å². The third-order valence-corrected chi connectivity index (χ3v) is 1.92. The lowest BCUT2D eigenvalue weighted by Crippen LogP contribution is -2.01. The van der Waals surface area contributed by atoms with Crippen molar-refractivity contribution in [2.45, 2.75) is 52.6 Å². The Morgan fingerprint density at radius 1 is 1.23 bits per heavy atom. The van der Waals surface area contributed by atoms with Crippen LogP contribution >= 0.6 is 0 Å². The summed E-state index contributed by atoms with van der Waals surface area (Å²) in [6.45, 7) is 6.12. The van der Waals surface area contributed by atoms with Gasteiger partial charge in [0.25, 0.3) is 0 Å². The summed E-state index contributed by atoms with van der Waals surface area (Å²) in [7, 11) is 0. The second-order valence-corrected chi connectivity index (χ2v) is 3.36. The first-order valence-corrected chi connectivity index (χ1v) is 5.27. The molecule has 1 N–H and O–H groups in total. The highest BCUT2D eigenvalue weighted by Crippen LogP contribution is 2.07. The van der Waals surface area contributed by atoms with E-state index >= 15 is 0 Å². The van der Waals surface area contributed by atoms with E-state index in [4.69, 9.17) is 0 Å². The van der Waals surface area contributed by atoms with E-state index in [2.05, 4.69) is 26.0 Å². The second kappa shape index (κ2) is 8.06. The van der Waals surface area contributed by atoms with Crippen molar-refractivity contribution in [1.82, 2.24) is 0 Å². The molecule has 1 atom stereocenters. The van der Waals surface area contributed by atoms with Crippen LogP contribution in [0.5, 0.6) is 0 Å². The van der Waals surface area contributed by atoms with Gasteiger partial charge in [-0.25, -0.2) is 0 Å². The van der Waals surface area contributed by atoms with Gasteiger partial charge in [0, 0.05) is 0 Å². The number of hydrogen-bond donors (Lipinski definition) is 1. The van der Waals surface area contributed by atoms with E-state index in [1.165, 1.54) is 0 Å². The number of aliphatic hydroxyl groups excluding tert-OH is 1. The van der Waals surface area contributed by atoms with Crippen molar-refractivity contribution in [3.8, 4) is 0 Å². The summed E-state index contributed by atoms with van der Waals surface area (Å²) >= 11 is 0. The molecule has 0 aliphatic rings. The minimum absolute atomic E-state index is 0.334. The molecule has 76 valence electrons. The molecule has 1 heteroatoms. The zero-order valence-corrected chi connectivity index (χ0v) is 9.09. The van der Waals surface area contributed by atoms with E-state index in [0.717, 1.165) is 31.3 Å². The molecule has 0 saturated heterocycles. The Bertz CT molecular complexity index is 166. The van der Waals surface area contributed by atoms with Crippen LogP contribution in [0, 0.1) is 0 Å². The minimum Gasteiger partial charge on any atom is -0.389 e. The maximum absolute atomic E-state index is 9.42. The molecule has 0 saturated carbocycles. The van der Waals surface area contributed by atoms with E-state index in [0.29, 0.717) is 0 Å². The molecule has 0 aromatic carbocycles. The topological polar surface area (TPSA) is 20.2 Å². The molecule has 0 unspecified atom stereocenters. The second-order valence-electron chi connectivity index (χ2n) is 3.36. The Morgan fingerprint density at radius 2 is 1.85 bits per heavy atom. The molecule has 0 spiro atoms. The summed E-state index contributed by atoms with van der Waals surface area (Å²) in [6, 6.07) is 0. The Balaban J connectivity index is 4.09. The Labute approximate surface area is 82.2 Å². The van der Waals surface area contributed by atoms with Crippen LogP contribution in [0.15, 0.2) is 23.8 Å². The van der Waals surface area contributed by atoms with E-state index in [9.17, 15) is 5.11 Å². The monoisotopic (exact) mass is 182 g/mol. The summed E-state index contributed by atoms with van der Waals surface area (Å²) in [5.41, 5.74) is 1.05. The van der Waals surface area contributed by atoms with Crippen LogP contribution in [0.25, 0.3) is 0 Å². The Kier molecular flexibility index (Phi) is 7.71. The van der Waals surface area contributed by atoms with Crippen LogP contribution in [0.4, 0.5) is 0 Å². The van der Waals surface area contributed by atoms with E-state index < -0.39 is 0 Å². The third-order valence-electron chi connectivity index (χ3n) is 1.92. The molecule has 0 aliphatic carbocycles. The van der Waals surface area contributed by atoms with Crippen LogP contribution in [0.3, 0.4) is 0 Å². The highest BCUT2D eigenvalue weighted by Gasteiger charge is 1.98. The maximum Gasteiger partial charge on any atom is 0.0758 e. The molecule has 0 rings (SSSR count). The predicted octanol–water partition coefficient (Wildman–Crippen LogP) is 3.45. The van der Waals surface area contributed by atoms with Gasteiger partial charge in [0.2, 0.25) is 0 Å². The predicted molar refractivity (Wildman–Crippen MR) is 58.7 cm³/mol. The van der Waals surface area contributed by atoms with Crippen LogP contribution in [-0.4, -0.2) is 11.2 Å². The largest absolute Gasteiger partial charge is 0.389 e. The fraction of sp³-hybridized carbons (Fsp3) is 0.667. The van der Waals surface area contributed by atoms with Crippen molar-refractivity contribution < 1.29 is 5.11 Å². The SMILES string of the molecule is CCC/C=C\C(=C/CCC)[C@@H](C)O. The number of hydrogen-bond acceptors (Lipinski definition) is 1. The van der Waals surface area contributed by atoms with Gasteiger partial charge < -0.3 is 5.11 Å². The van der Waals surface area contributed by atoms with Crippen LogP contribution < -0.4 is 0 Å². The molecule has 0 amide bonds. The van der Waals surface area contributed by atoms with Gasteiger partial charge in [0.15, 0.2) is 0 Å². The highest BCUT2D eigenvalue weighted by atomic mass is 16.3. The average Bonchev–Trinajstić information content (AvgIpc) is 2.10. The quantitative estimate of drug-likeness (QED) is 0.624. The zero-order chi connectivity index (χ0) is 10.1. The molecule has 1 nitrogen and oxygen atoms in total.